The third kappa shape index (κ3) is 1.99. The van der Waals surface area contributed by atoms with Gasteiger partial charge in [-0.3, -0.25) is 0 Å². The van der Waals surface area contributed by atoms with Gasteiger partial charge in [-0.05, 0) is 12.1 Å². The molecule has 0 fully saturated rings. The van der Waals surface area contributed by atoms with E-state index in [4.69, 9.17) is 0 Å². The number of halogens is 1. The Morgan fingerprint density at radius 3 is 2.57 bits per heavy atom. The molecule has 0 atom stereocenters. The minimum absolute atomic E-state index is 0.155. The summed E-state index contributed by atoms with van der Waals surface area (Å²) >= 11 is 0. The summed E-state index contributed by atoms with van der Waals surface area (Å²) < 4.78 is 17.6. The van der Waals surface area contributed by atoms with Gasteiger partial charge in [-0.25, -0.2) is 9.78 Å². The second-order valence-corrected chi connectivity index (χ2v) is 2.89. The second-order valence-electron chi connectivity index (χ2n) is 2.89. The summed E-state index contributed by atoms with van der Waals surface area (Å²) in [6.07, 6.45) is 0. The van der Waals surface area contributed by atoms with Crippen molar-refractivity contribution in [1.29, 1.82) is 0 Å². The second kappa shape index (κ2) is 4.04. The van der Waals surface area contributed by atoms with Crippen molar-refractivity contribution in [2.75, 3.05) is 26.1 Å². The number of rotatable bonds is 2. The molecule has 0 amide bonds. The molecule has 0 N–H and O–H groups in total. The number of aromatic nitrogens is 1. The van der Waals surface area contributed by atoms with Gasteiger partial charge in [0.25, 0.3) is 0 Å². The Balaban J connectivity index is 3.07. The van der Waals surface area contributed by atoms with Crippen LogP contribution in [0.3, 0.4) is 0 Å². The molecule has 0 aliphatic carbocycles. The normalized spacial score (nSPS) is 9.71. The van der Waals surface area contributed by atoms with Crippen molar-refractivity contribution >= 4 is 11.8 Å². The Morgan fingerprint density at radius 1 is 1.50 bits per heavy atom. The number of hydrogen-bond donors (Lipinski definition) is 0. The average molecular weight is 198 g/mol. The van der Waals surface area contributed by atoms with Crippen molar-refractivity contribution in [2.24, 2.45) is 0 Å². The molecule has 0 aliphatic heterocycles. The van der Waals surface area contributed by atoms with Crippen LogP contribution >= 0.6 is 0 Å². The van der Waals surface area contributed by atoms with E-state index in [0.29, 0.717) is 5.82 Å². The lowest BCUT2D eigenvalue weighted by Gasteiger charge is -2.11. The number of carbonyl (C=O) groups excluding carboxylic acids is 1. The van der Waals surface area contributed by atoms with Gasteiger partial charge in [0.05, 0.1) is 7.11 Å². The molecular weight excluding hydrogens is 187 g/mol. The van der Waals surface area contributed by atoms with Crippen LogP contribution in [0.4, 0.5) is 10.2 Å². The van der Waals surface area contributed by atoms with E-state index >= 15 is 0 Å². The zero-order valence-electron chi connectivity index (χ0n) is 8.24. The van der Waals surface area contributed by atoms with E-state index in [2.05, 4.69) is 9.72 Å². The van der Waals surface area contributed by atoms with Crippen molar-refractivity contribution in [3.05, 3.63) is 23.6 Å². The predicted octanol–water partition coefficient (Wildman–Crippen LogP) is 1.07. The van der Waals surface area contributed by atoms with E-state index in [1.165, 1.54) is 13.2 Å². The molecule has 1 rings (SSSR count). The Bertz CT molecular complexity index is 353. The van der Waals surface area contributed by atoms with Gasteiger partial charge in [0.1, 0.15) is 11.4 Å². The molecule has 0 saturated heterocycles. The largest absolute Gasteiger partial charge is 0.465 e. The van der Waals surface area contributed by atoms with Gasteiger partial charge in [0.15, 0.2) is 0 Å². The van der Waals surface area contributed by atoms with E-state index in [0.717, 1.165) is 0 Å². The summed E-state index contributed by atoms with van der Waals surface area (Å²) in [4.78, 5) is 16.2. The van der Waals surface area contributed by atoms with Gasteiger partial charge < -0.3 is 9.64 Å². The molecule has 0 unspecified atom stereocenters. The zero-order valence-corrected chi connectivity index (χ0v) is 8.24. The smallest absolute Gasteiger partial charge is 0.342 e. The molecule has 0 saturated carbocycles. The molecule has 1 heterocycles. The first-order chi connectivity index (χ1) is 6.56. The number of esters is 1. The van der Waals surface area contributed by atoms with Crippen LogP contribution in [0.25, 0.3) is 0 Å². The maximum absolute atomic E-state index is 13.2. The molecule has 0 bridgehead atoms. The number of ether oxygens (including phenoxy) is 1. The molecule has 76 valence electrons. The number of hydrogen-bond acceptors (Lipinski definition) is 4. The molecule has 0 spiro atoms. The lowest BCUT2D eigenvalue weighted by molar-refractivity contribution is 0.0594. The fraction of sp³-hybridized carbons (Fsp3) is 0.333. The van der Waals surface area contributed by atoms with Crippen LogP contribution in [-0.4, -0.2) is 32.2 Å². The van der Waals surface area contributed by atoms with E-state index in [1.54, 1.807) is 25.1 Å². The topological polar surface area (TPSA) is 42.4 Å². The van der Waals surface area contributed by atoms with Crippen molar-refractivity contribution < 1.29 is 13.9 Å². The highest BCUT2D eigenvalue weighted by atomic mass is 19.1. The highest BCUT2D eigenvalue weighted by Crippen LogP contribution is 2.12. The van der Waals surface area contributed by atoms with Crippen LogP contribution in [0.2, 0.25) is 0 Å². The molecule has 1 aromatic heterocycles. The Kier molecular flexibility index (Phi) is 3.01. The summed E-state index contributed by atoms with van der Waals surface area (Å²) in [5.74, 6) is -1.08. The quantitative estimate of drug-likeness (QED) is 0.526. The minimum Gasteiger partial charge on any atom is -0.465 e. The Morgan fingerprint density at radius 2 is 2.14 bits per heavy atom. The molecular formula is C9H11FN2O2. The van der Waals surface area contributed by atoms with Crippen LogP contribution in [-0.2, 0) is 4.74 Å². The average Bonchev–Trinajstić information content (AvgIpc) is 2.16. The third-order valence-corrected chi connectivity index (χ3v) is 1.70. The summed E-state index contributed by atoms with van der Waals surface area (Å²) in [5.41, 5.74) is -0.155. The summed E-state index contributed by atoms with van der Waals surface area (Å²) in [6.45, 7) is 0. The number of anilines is 1. The predicted molar refractivity (Wildman–Crippen MR) is 49.9 cm³/mol. The van der Waals surface area contributed by atoms with E-state index in [9.17, 15) is 9.18 Å². The molecule has 14 heavy (non-hydrogen) atoms. The van der Waals surface area contributed by atoms with Crippen LogP contribution in [0.1, 0.15) is 10.4 Å². The Hall–Kier alpha value is -1.65. The maximum Gasteiger partial charge on any atom is 0.342 e. The van der Waals surface area contributed by atoms with Crippen molar-refractivity contribution in [2.45, 2.75) is 0 Å². The van der Waals surface area contributed by atoms with Gasteiger partial charge in [-0.1, -0.05) is 0 Å². The fourth-order valence-corrected chi connectivity index (χ4v) is 0.936. The van der Waals surface area contributed by atoms with Crippen LogP contribution in [0, 0.1) is 5.95 Å². The summed E-state index contributed by atoms with van der Waals surface area (Å²) in [5, 5.41) is 0. The molecule has 1 aromatic rings. The van der Waals surface area contributed by atoms with Gasteiger partial charge in [0, 0.05) is 14.1 Å². The van der Waals surface area contributed by atoms with Crippen LogP contribution in [0.15, 0.2) is 12.1 Å². The lowest BCUT2D eigenvalue weighted by atomic mass is 10.3. The highest BCUT2D eigenvalue weighted by molar-refractivity contribution is 5.89. The minimum atomic E-state index is -0.817. The van der Waals surface area contributed by atoms with E-state index in [-0.39, 0.29) is 5.56 Å². The number of carbonyl (C=O) groups is 1. The first-order valence-electron chi connectivity index (χ1n) is 3.98. The molecule has 5 heteroatoms. The first-order valence-corrected chi connectivity index (χ1v) is 3.98. The number of nitrogens with zero attached hydrogens (tertiary/aromatic N) is 2. The monoisotopic (exact) mass is 198 g/mol. The first kappa shape index (κ1) is 10.4. The van der Waals surface area contributed by atoms with Crippen LogP contribution in [0.5, 0.6) is 0 Å². The standard InChI is InChI=1S/C9H11FN2O2/c1-12(2)7-5-4-6(8(10)11-7)9(13)14-3/h4-5H,1-3H3. The summed E-state index contributed by atoms with van der Waals surface area (Å²) in [7, 11) is 4.67. The van der Waals surface area contributed by atoms with Gasteiger partial charge in [-0.15, -0.1) is 0 Å². The van der Waals surface area contributed by atoms with Gasteiger partial charge in [0.2, 0.25) is 5.95 Å². The molecule has 0 aliphatic rings. The van der Waals surface area contributed by atoms with Crippen LogP contribution < -0.4 is 4.90 Å². The van der Waals surface area contributed by atoms with Gasteiger partial charge >= 0.3 is 5.97 Å². The third-order valence-electron chi connectivity index (χ3n) is 1.70. The number of methoxy groups -OCH3 is 1. The van der Waals surface area contributed by atoms with E-state index in [1.807, 2.05) is 0 Å². The maximum atomic E-state index is 13.2. The fourth-order valence-electron chi connectivity index (χ4n) is 0.936. The van der Waals surface area contributed by atoms with E-state index < -0.39 is 11.9 Å². The number of pyridine rings is 1. The van der Waals surface area contributed by atoms with Crippen molar-refractivity contribution in [3.63, 3.8) is 0 Å². The molecule has 0 aromatic carbocycles. The SMILES string of the molecule is COC(=O)c1ccc(N(C)C)nc1F. The molecule has 4 nitrogen and oxygen atoms in total. The Labute approximate surface area is 81.3 Å². The molecule has 0 radical (unpaired) electrons. The lowest BCUT2D eigenvalue weighted by Crippen LogP contribution is -2.13. The van der Waals surface area contributed by atoms with Crippen molar-refractivity contribution in [3.8, 4) is 0 Å². The zero-order chi connectivity index (χ0) is 10.7. The highest BCUT2D eigenvalue weighted by Gasteiger charge is 2.13. The van der Waals surface area contributed by atoms with Gasteiger partial charge in [-0.2, -0.15) is 4.39 Å². The van der Waals surface area contributed by atoms with Crippen molar-refractivity contribution in [1.82, 2.24) is 4.98 Å². The summed E-state index contributed by atoms with van der Waals surface area (Å²) in [6, 6.07) is 2.90.